The molecule has 0 aromatic heterocycles. The fraction of sp³-hybridized carbons (Fsp3) is 0.462. The Hall–Kier alpha value is -1.03. The Balaban J connectivity index is 2.02. The Labute approximate surface area is 110 Å². The van der Waals surface area contributed by atoms with Crippen LogP contribution in [0.1, 0.15) is 18.4 Å². The molecule has 0 saturated carbocycles. The number of aryl methyl sites for hydroxylation is 1. The average molecular weight is 298 g/mol. The molecule has 1 heterocycles. The van der Waals surface area contributed by atoms with Crippen LogP contribution in [-0.4, -0.2) is 24.3 Å². The van der Waals surface area contributed by atoms with Crippen LogP contribution in [-0.2, 0) is 11.2 Å². The van der Waals surface area contributed by atoms with Gasteiger partial charge in [0.15, 0.2) is 0 Å². The van der Waals surface area contributed by atoms with Crippen LogP contribution in [0.5, 0.6) is 5.75 Å². The Morgan fingerprint density at radius 1 is 1.53 bits per heavy atom. The highest BCUT2D eigenvalue weighted by atomic mass is 79.9. The molecule has 1 unspecified atom stereocenters. The van der Waals surface area contributed by atoms with Gasteiger partial charge in [-0.2, -0.15) is 0 Å². The van der Waals surface area contributed by atoms with Crippen molar-refractivity contribution in [3.8, 4) is 5.75 Å². The van der Waals surface area contributed by atoms with Gasteiger partial charge in [0.2, 0.25) is 0 Å². The van der Waals surface area contributed by atoms with E-state index in [0.717, 1.165) is 48.9 Å². The Morgan fingerprint density at radius 3 is 3.18 bits per heavy atom. The van der Waals surface area contributed by atoms with Gasteiger partial charge in [-0.25, -0.2) is 0 Å². The van der Waals surface area contributed by atoms with E-state index in [-0.39, 0.29) is 6.04 Å². The number of carbonyl (C=O) groups excluding carboxylic acids is 1. The van der Waals surface area contributed by atoms with E-state index in [2.05, 4.69) is 27.3 Å². The van der Waals surface area contributed by atoms with Crippen LogP contribution < -0.4 is 10.1 Å². The maximum atomic E-state index is 10.7. The Kier molecular flexibility index (Phi) is 4.42. The van der Waals surface area contributed by atoms with Gasteiger partial charge in [-0.15, -0.1) is 0 Å². The molecular weight excluding hydrogens is 282 g/mol. The lowest BCUT2D eigenvalue weighted by Crippen LogP contribution is -2.26. The number of halogens is 1. The number of aldehydes is 1. The van der Waals surface area contributed by atoms with E-state index in [9.17, 15) is 4.79 Å². The van der Waals surface area contributed by atoms with Gasteiger partial charge >= 0.3 is 0 Å². The molecule has 2 rings (SSSR count). The zero-order valence-electron chi connectivity index (χ0n) is 9.62. The fourth-order valence-corrected chi connectivity index (χ4v) is 2.17. The molecule has 0 fully saturated rings. The first-order valence-electron chi connectivity index (χ1n) is 5.87. The van der Waals surface area contributed by atoms with Gasteiger partial charge in [0.25, 0.3) is 0 Å². The van der Waals surface area contributed by atoms with Crippen LogP contribution in [0.25, 0.3) is 0 Å². The monoisotopic (exact) mass is 297 g/mol. The molecule has 92 valence electrons. The summed E-state index contributed by atoms with van der Waals surface area (Å²) in [4.78, 5) is 10.7. The topological polar surface area (TPSA) is 38.3 Å². The highest BCUT2D eigenvalue weighted by molar-refractivity contribution is 9.09. The summed E-state index contributed by atoms with van der Waals surface area (Å²) in [7, 11) is 0. The number of hydrogen-bond acceptors (Lipinski definition) is 3. The molecule has 0 spiro atoms. The van der Waals surface area contributed by atoms with Crippen molar-refractivity contribution in [1.82, 2.24) is 0 Å². The molecule has 17 heavy (non-hydrogen) atoms. The molecule has 3 nitrogen and oxygen atoms in total. The van der Waals surface area contributed by atoms with Crippen LogP contribution >= 0.6 is 15.9 Å². The van der Waals surface area contributed by atoms with E-state index >= 15 is 0 Å². The minimum Gasteiger partial charge on any atom is -0.494 e. The average Bonchev–Trinajstić information content (AvgIpc) is 2.38. The number of nitrogens with one attached hydrogen (secondary N) is 1. The predicted molar refractivity (Wildman–Crippen MR) is 72.1 cm³/mol. The third-order valence-corrected chi connectivity index (χ3v) is 3.41. The van der Waals surface area contributed by atoms with Gasteiger partial charge in [-0.1, -0.05) is 15.9 Å². The summed E-state index contributed by atoms with van der Waals surface area (Å²) < 4.78 is 5.64. The van der Waals surface area contributed by atoms with Gasteiger partial charge < -0.3 is 14.8 Å². The highest BCUT2D eigenvalue weighted by Crippen LogP contribution is 2.28. The van der Waals surface area contributed by atoms with Crippen LogP contribution in [0.2, 0.25) is 0 Å². The van der Waals surface area contributed by atoms with E-state index in [4.69, 9.17) is 4.74 Å². The number of alkyl halides is 1. The largest absolute Gasteiger partial charge is 0.494 e. The van der Waals surface area contributed by atoms with Gasteiger partial charge in [0.05, 0.1) is 12.6 Å². The van der Waals surface area contributed by atoms with E-state index in [1.165, 1.54) is 5.56 Å². The highest BCUT2D eigenvalue weighted by Gasteiger charge is 2.17. The number of ether oxygens (including phenoxy) is 1. The first kappa shape index (κ1) is 12.4. The molecule has 0 aliphatic carbocycles. The minimum atomic E-state index is -0.0392. The van der Waals surface area contributed by atoms with E-state index < -0.39 is 0 Å². The Bertz CT molecular complexity index is 395. The quantitative estimate of drug-likeness (QED) is 0.516. The summed E-state index contributed by atoms with van der Waals surface area (Å²) in [5.41, 5.74) is 2.29. The lowest BCUT2D eigenvalue weighted by atomic mass is 9.98. The summed E-state index contributed by atoms with van der Waals surface area (Å²) in [6, 6.07) is 5.97. The van der Waals surface area contributed by atoms with Gasteiger partial charge in [-0.3, -0.25) is 0 Å². The third-order valence-electron chi connectivity index (χ3n) is 2.85. The molecule has 0 saturated heterocycles. The molecule has 1 aliphatic heterocycles. The van der Waals surface area contributed by atoms with Crippen molar-refractivity contribution in [1.29, 1.82) is 0 Å². The van der Waals surface area contributed by atoms with Crippen molar-refractivity contribution >= 4 is 27.9 Å². The first-order valence-corrected chi connectivity index (χ1v) is 6.99. The second-order valence-electron chi connectivity index (χ2n) is 4.14. The maximum absolute atomic E-state index is 10.7. The summed E-state index contributed by atoms with van der Waals surface area (Å²) in [5.74, 6) is 0.913. The lowest BCUT2D eigenvalue weighted by molar-refractivity contribution is -0.108. The molecular formula is C13H16BrNO2. The number of hydrogen-bond donors (Lipinski definition) is 1. The minimum absolute atomic E-state index is 0.0392. The van der Waals surface area contributed by atoms with Crippen molar-refractivity contribution in [3.05, 3.63) is 23.8 Å². The van der Waals surface area contributed by atoms with Crippen LogP contribution in [0.4, 0.5) is 5.69 Å². The van der Waals surface area contributed by atoms with E-state index in [0.29, 0.717) is 0 Å². The van der Waals surface area contributed by atoms with Crippen LogP contribution in [0.15, 0.2) is 18.2 Å². The second-order valence-corrected chi connectivity index (χ2v) is 4.93. The normalized spacial score (nSPS) is 18.1. The predicted octanol–water partition coefficient (Wildman–Crippen LogP) is 2.78. The van der Waals surface area contributed by atoms with Gasteiger partial charge in [0, 0.05) is 11.0 Å². The standard InChI is InChI=1S/C13H16BrNO2/c14-6-1-7-17-12-4-5-13-10(8-12)2-3-11(9-16)15-13/h4-5,8-9,11,15H,1-3,6-7H2. The molecule has 4 heteroatoms. The zero-order valence-corrected chi connectivity index (χ0v) is 11.2. The number of anilines is 1. The van der Waals surface area contributed by atoms with Crippen molar-refractivity contribution in [3.63, 3.8) is 0 Å². The number of benzene rings is 1. The van der Waals surface area contributed by atoms with Gasteiger partial charge in [0.1, 0.15) is 12.0 Å². The molecule has 0 bridgehead atoms. The van der Waals surface area contributed by atoms with E-state index in [1.807, 2.05) is 12.1 Å². The SMILES string of the molecule is O=CC1CCc2cc(OCCCBr)ccc2N1. The molecule has 1 N–H and O–H groups in total. The van der Waals surface area contributed by atoms with Crippen LogP contribution in [0.3, 0.4) is 0 Å². The molecule has 0 amide bonds. The third kappa shape index (κ3) is 3.22. The molecule has 1 aromatic rings. The summed E-state index contributed by atoms with van der Waals surface area (Å²) in [6.45, 7) is 0.731. The summed E-state index contributed by atoms with van der Waals surface area (Å²) in [5, 5.41) is 4.17. The number of rotatable bonds is 5. The van der Waals surface area contributed by atoms with Gasteiger partial charge in [-0.05, 0) is 43.0 Å². The molecule has 1 aromatic carbocycles. The molecule has 1 atom stereocenters. The van der Waals surface area contributed by atoms with Crippen LogP contribution in [0, 0.1) is 0 Å². The summed E-state index contributed by atoms with van der Waals surface area (Å²) >= 11 is 3.37. The summed E-state index contributed by atoms with van der Waals surface area (Å²) in [6.07, 6.45) is 3.77. The van der Waals surface area contributed by atoms with Crippen molar-refractivity contribution in [2.24, 2.45) is 0 Å². The smallest absolute Gasteiger partial charge is 0.142 e. The number of carbonyl (C=O) groups is 1. The zero-order chi connectivity index (χ0) is 12.1. The second kappa shape index (κ2) is 6.05. The lowest BCUT2D eigenvalue weighted by Gasteiger charge is -2.23. The van der Waals surface area contributed by atoms with E-state index in [1.54, 1.807) is 0 Å². The fourth-order valence-electron chi connectivity index (χ4n) is 1.94. The molecule has 1 aliphatic rings. The van der Waals surface area contributed by atoms with Crippen molar-refractivity contribution in [2.45, 2.75) is 25.3 Å². The van der Waals surface area contributed by atoms with Crippen molar-refractivity contribution in [2.75, 3.05) is 17.3 Å². The number of fused-ring (bicyclic) bond motifs is 1. The first-order chi connectivity index (χ1) is 8.33. The van der Waals surface area contributed by atoms with Crippen molar-refractivity contribution < 1.29 is 9.53 Å². The Morgan fingerprint density at radius 2 is 2.41 bits per heavy atom. The molecule has 0 radical (unpaired) electrons. The maximum Gasteiger partial charge on any atom is 0.142 e.